The Balaban J connectivity index is 1.55. The van der Waals surface area contributed by atoms with Crippen LogP contribution in [0, 0.1) is 0 Å². The van der Waals surface area contributed by atoms with Crippen molar-refractivity contribution in [3.05, 3.63) is 35.4 Å². The van der Waals surface area contributed by atoms with Gasteiger partial charge in [0.2, 0.25) is 0 Å². The Kier molecular flexibility index (Phi) is 3.27. The molecule has 2 aliphatic heterocycles. The predicted molar refractivity (Wildman–Crippen MR) is 82.1 cm³/mol. The van der Waals surface area contributed by atoms with Gasteiger partial charge < -0.3 is 14.7 Å². The minimum absolute atomic E-state index is 0.0861. The van der Waals surface area contributed by atoms with Crippen LogP contribution in [0.3, 0.4) is 0 Å². The van der Waals surface area contributed by atoms with Gasteiger partial charge in [0.15, 0.2) is 0 Å². The van der Waals surface area contributed by atoms with Gasteiger partial charge in [-0.1, -0.05) is 43.5 Å². The van der Waals surface area contributed by atoms with E-state index in [0.29, 0.717) is 32.5 Å². The summed E-state index contributed by atoms with van der Waals surface area (Å²) in [6, 6.07) is 8.28. The average molecular weight is 301 g/mol. The number of ether oxygens (including phenoxy) is 1. The molecule has 0 radical (unpaired) electrons. The number of aliphatic hydroxyl groups is 1. The zero-order valence-electron chi connectivity index (χ0n) is 12.9. The molecule has 4 rings (SSSR count). The van der Waals surface area contributed by atoms with Gasteiger partial charge in [0.05, 0.1) is 13.2 Å². The average Bonchev–Trinajstić information content (AvgIpc) is 3.14. The van der Waals surface area contributed by atoms with E-state index in [2.05, 4.69) is 12.1 Å². The van der Waals surface area contributed by atoms with E-state index in [0.717, 1.165) is 25.7 Å². The van der Waals surface area contributed by atoms with E-state index >= 15 is 0 Å². The van der Waals surface area contributed by atoms with Crippen LogP contribution in [0.25, 0.3) is 0 Å². The highest BCUT2D eigenvalue weighted by Gasteiger charge is 2.50. The standard InChI is InChI=1S/C18H23NO3/c20-16(17(21)8-4-1-5-9-17)19-11-10-18(13-19)15-7-3-2-6-14(15)12-22-18/h2-3,6-7,21H,1,4-5,8-13H2. The van der Waals surface area contributed by atoms with Gasteiger partial charge in [0.1, 0.15) is 11.2 Å². The molecule has 3 aliphatic rings. The normalized spacial score (nSPS) is 29.8. The fourth-order valence-electron chi connectivity index (χ4n) is 4.32. The van der Waals surface area contributed by atoms with Crippen molar-refractivity contribution in [2.45, 2.75) is 56.3 Å². The summed E-state index contributed by atoms with van der Waals surface area (Å²) in [5, 5.41) is 10.7. The van der Waals surface area contributed by atoms with E-state index < -0.39 is 5.60 Å². The first-order chi connectivity index (χ1) is 10.6. The summed E-state index contributed by atoms with van der Waals surface area (Å²) in [6.07, 6.45) is 5.04. The van der Waals surface area contributed by atoms with E-state index in [1.807, 2.05) is 17.0 Å². The summed E-state index contributed by atoms with van der Waals surface area (Å²) < 4.78 is 6.10. The molecule has 0 bridgehead atoms. The zero-order valence-corrected chi connectivity index (χ0v) is 12.9. The summed E-state index contributed by atoms with van der Waals surface area (Å²) >= 11 is 0. The number of rotatable bonds is 1. The van der Waals surface area contributed by atoms with E-state index in [9.17, 15) is 9.90 Å². The third kappa shape index (κ3) is 2.09. The molecule has 1 unspecified atom stereocenters. The fourth-order valence-corrected chi connectivity index (χ4v) is 4.32. The number of hydrogen-bond acceptors (Lipinski definition) is 3. The van der Waals surface area contributed by atoms with E-state index in [-0.39, 0.29) is 11.5 Å². The van der Waals surface area contributed by atoms with Crippen LogP contribution in [0.4, 0.5) is 0 Å². The second-order valence-electron chi connectivity index (χ2n) is 7.01. The van der Waals surface area contributed by atoms with Crippen molar-refractivity contribution in [3.8, 4) is 0 Å². The highest BCUT2D eigenvalue weighted by Crippen LogP contribution is 2.44. The van der Waals surface area contributed by atoms with Gasteiger partial charge in [-0.3, -0.25) is 4.79 Å². The maximum atomic E-state index is 12.8. The van der Waals surface area contributed by atoms with Crippen LogP contribution in [-0.4, -0.2) is 34.6 Å². The van der Waals surface area contributed by atoms with Crippen molar-refractivity contribution >= 4 is 5.91 Å². The maximum Gasteiger partial charge on any atom is 0.254 e. The van der Waals surface area contributed by atoms with Crippen molar-refractivity contribution in [1.82, 2.24) is 4.90 Å². The van der Waals surface area contributed by atoms with Crippen LogP contribution >= 0.6 is 0 Å². The monoisotopic (exact) mass is 301 g/mol. The predicted octanol–water partition coefficient (Wildman–Crippen LogP) is 2.34. The molecule has 1 amide bonds. The quantitative estimate of drug-likeness (QED) is 0.866. The molecular weight excluding hydrogens is 278 g/mol. The van der Waals surface area contributed by atoms with Crippen molar-refractivity contribution in [2.75, 3.05) is 13.1 Å². The van der Waals surface area contributed by atoms with E-state index in [1.54, 1.807) is 0 Å². The summed E-state index contributed by atoms with van der Waals surface area (Å²) in [5.74, 6) is -0.0861. The Hall–Kier alpha value is -1.39. The topological polar surface area (TPSA) is 49.8 Å². The largest absolute Gasteiger partial charge is 0.380 e. The molecule has 1 saturated heterocycles. The molecule has 4 heteroatoms. The smallest absolute Gasteiger partial charge is 0.254 e. The molecule has 1 aliphatic carbocycles. The molecule has 1 aromatic carbocycles. The second-order valence-corrected chi connectivity index (χ2v) is 7.01. The molecule has 1 saturated carbocycles. The van der Waals surface area contributed by atoms with Gasteiger partial charge in [-0.15, -0.1) is 0 Å². The zero-order chi connectivity index (χ0) is 15.2. The highest BCUT2D eigenvalue weighted by molar-refractivity contribution is 5.85. The lowest BCUT2D eigenvalue weighted by molar-refractivity contribution is -0.155. The van der Waals surface area contributed by atoms with Crippen LogP contribution in [0.5, 0.6) is 0 Å². The Morgan fingerprint density at radius 1 is 1.14 bits per heavy atom. The highest BCUT2D eigenvalue weighted by atomic mass is 16.5. The molecule has 2 heterocycles. The third-order valence-corrected chi connectivity index (χ3v) is 5.61. The fraction of sp³-hybridized carbons (Fsp3) is 0.611. The number of fused-ring (bicyclic) bond motifs is 2. The van der Waals surface area contributed by atoms with E-state index in [1.165, 1.54) is 11.1 Å². The first-order valence-electron chi connectivity index (χ1n) is 8.37. The molecule has 1 N–H and O–H groups in total. The Labute approximate surface area is 131 Å². The SMILES string of the molecule is O=C(N1CCC2(C1)OCc1ccccc12)C1(O)CCCCC1. The first kappa shape index (κ1) is 14.2. The van der Waals surface area contributed by atoms with Crippen LogP contribution in [0.15, 0.2) is 24.3 Å². The number of benzene rings is 1. The molecule has 118 valence electrons. The third-order valence-electron chi connectivity index (χ3n) is 5.61. The van der Waals surface area contributed by atoms with Crippen molar-refractivity contribution in [2.24, 2.45) is 0 Å². The molecule has 1 atom stereocenters. The molecule has 1 spiro atoms. The Morgan fingerprint density at radius 2 is 1.91 bits per heavy atom. The van der Waals surface area contributed by atoms with Crippen LogP contribution in [0.2, 0.25) is 0 Å². The molecule has 4 nitrogen and oxygen atoms in total. The maximum absolute atomic E-state index is 12.8. The minimum Gasteiger partial charge on any atom is -0.380 e. The summed E-state index contributed by atoms with van der Waals surface area (Å²) in [7, 11) is 0. The Morgan fingerprint density at radius 3 is 2.73 bits per heavy atom. The number of nitrogens with zero attached hydrogens (tertiary/aromatic N) is 1. The number of hydrogen-bond donors (Lipinski definition) is 1. The summed E-state index contributed by atoms with van der Waals surface area (Å²) in [6.45, 7) is 1.88. The Bertz CT molecular complexity index is 594. The molecule has 0 aromatic heterocycles. The molecule has 22 heavy (non-hydrogen) atoms. The van der Waals surface area contributed by atoms with Crippen molar-refractivity contribution in [3.63, 3.8) is 0 Å². The van der Waals surface area contributed by atoms with Gasteiger partial charge in [-0.05, 0) is 30.4 Å². The van der Waals surface area contributed by atoms with Gasteiger partial charge in [0, 0.05) is 6.54 Å². The first-order valence-corrected chi connectivity index (χ1v) is 8.37. The van der Waals surface area contributed by atoms with Gasteiger partial charge in [-0.2, -0.15) is 0 Å². The lowest BCUT2D eigenvalue weighted by Gasteiger charge is -2.34. The van der Waals surface area contributed by atoms with Gasteiger partial charge >= 0.3 is 0 Å². The van der Waals surface area contributed by atoms with E-state index in [4.69, 9.17) is 4.74 Å². The van der Waals surface area contributed by atoms with Crippen LogP contribution < -0.4 is 0 Å². The molecule has 2 fully saturated rings. The second kappa shape index (κ2) is 5.07. The minimum atomic E-state index is -1.14. The lowest BCUT2D eigenvalue weighted by atomic mass is 9.84. The number of carbonyl (C=O) groups excluding carboxylic acids is 1. The summed E-state index contributed by atoms with van der Waals surface area (Å²) in [5.41, 5.74) is 0.966. The number of amides is 1. The van der Waals surface area contributed by atoms with Gasteiger partial charge in [-0.25, -0.2) is 0 Å². The number of carbonyl (C=O) groups is 1. The summed E-state index contributed by atoms with van der Waals surface area (Å²) in [4.78, 5) is 14.6. The lowest BCUT2D eigenvalue weighted by Crippen LogP contribution is -2.50. The van der Waals surface area contributed by atoms with Crippen molar-refractivity contribution < 1.29 is 14.6 Å². The van der Waals surface area contributed by atoms with Crippen LogP contribution in [-0.2, 0) is 21.7 Å². The van der Waals surface area contributed by atoms with Crippen LogP contribution in [0.1, 0.15) is 49.7 Å². The molecular formula is C18H23NO3. The van der Waals surface area contributed by atoms with Gasteiger partial charge in [0.25, 0.3) is 5.91 Å². The number of likely N-dealkylation sites (tertiary alicyclic amines) is 1. The van der Waals surface area contributed by atoms with Crippen molar-refractivity contribution in [1.29, 1.82) is 0 Å². The molecule has 1 aromatic rings.